The van der Waals surface area contributed by atoms with Gasteiger partial charge >= 0.3 is 0 Å². The number of aryl methyl sites for hydroxylation is 1. The molecule has 1 atom stereocenters. The summed E-state index contributed by atoms with van der Waals surface area (Å²) in [4.78, 5) is 0. The predicted molar refractivity (Wildman–Crippen MR) is 91.7 cm³/mol. The number of hydrogen-bond donors (Lipinski definition) is 0. The highest BCUT2D eigenvalue weighted by Crippen LogP contribution is 2.39. The molecule has 1 aliphatic heterocycles. The molecule has 4 heteroatoms. The van der Waals surface area contributed by atoms with Crippen molar-refractivity contribution in [3.05, 3.63) is 35.0 Å². The Labute approximate surface area is 142 Å². The predicted octanol–water partition coefficient (Wildman–Crippen LogP) is 4.01. The Morgan fingerprint density at radius 1 is 1.21 bits per heavy atom. The second-order valence-electron chi connectivity index (χ2n) is 7.06. The Balaban J connectivity index is 1.75. The van der Waals surface area contributed by atoms with Crippen molar-refractivity contribution in [2.24, 2.45) is 11.8 Å². The van der Waals surface area contributed by atoms with E-state index >= 15 is 0 Å². The molecule has 0 spiro atoms. The first-order valence-electron chi connectivity index (χ1n) is 8.99. The van der Waals surface area contributed by atoms with Crippen LogP contribution in [0.25, 0.3) is 10.9 Å². The molecule has 0 radical (unpaired) electrons. The van der Waals surface area contributed by atoms with Crippen molar-refractivity contribution in [2.45, 2.75) is 38.6 Å². The molecular weight excluding hydrogens is 303 g/mol. The van der Waals surface area contributed by atoms with Crippen LogP contribution in [0.1, 0.15) is 36.1 Å². The molecule has 1 aromatic heterocycles. The van der Waals surface area contributed by atoms with E-state index in [0.717, 1.165) is 55.7 Å². The molecule has 4 rings (SSSR count). The van der Waals surface area contributed by atoms with E-state index in [1.165, 1.54) is 17.7 Å². The number of rotatable bonds is 3. The molecule has 0 N–H and O–H groups in total. The number of alkyl halides is 1. The quantitative estimate of drug-likeness (QED) is 0.854. The lowest BCUT2D eigenvalue weighted by molar-refractivity contribution is 0.0438. The third-order valence-corrected chi connectivity index (χ3v) is 5.87. The molecule has 0 bridgehead atoms. The lowest BCUT2D eigenvalue weighted by atomic mass is 9.75. The van der Waals surface area contributed by atoms with Crippen LogP contribution in [0.2, 0.25) is 0 Å². The number of benzene rings is 1. The van der Waals surface area contributed by atoms with E-state index in [0.29, 0.717) is 18.0 Å². The molecule has 2 aliphatic rings. The van der Waals surface area contributed by atoms with Crippen LogP contribution in [0.4, 0.5) is 4.39 Å². The van der Waals surface area contributed by atoms with Gasteiger partial charge in [-0.2, -0.15) is 5.26 Å². The second-order valence-corrected chi connectivity index (χ2v) is 7.06. The minimum atomic E-state index is -0.348. The summed E-state index contributed by atoms with van der Waals surface area (Å²) in [5, 5.41) is 10.4. The van der Waals surface area contributed by atoms with Gasteiger partial charge in [0.05, 0.1) is 18.2 Å². The van der Waals surface area contributed by atoms with Crippen molar-refractivity contribution in [1.82, 2.24) is 4.57 Å². The Morgan fingerprint density at radius 3 is 2.79 bits per heavy atom. The third kappa shape index (κ3) is 2.61. The van der Waals surface area contributed by atoms with E-state index < -0.39 is 0 Å². The van der Waals surface area contributed by atoms with Gasteiger partial charge in [-0.05, 0) is 67.7 Å². The minimum absolute atomic E-state index is 0.348. The van der Waals surface area contributed by atoms with Gasteiger partial charge in [0.1, 0.15) is 6.67 Å². The molecule has 1 aliphatic carbocycles. The Morgan fingerprint density at radius 2 is 2.04 bits per heavy atom. The number of hydrogen-bond acceptors (Lipinski definition) is 2. The zero-order valence-electron chi connectivity index (χ0n) is 13.9. The van der Waals surface area contributed by atoms with Crippen molar-refractivity contribution in [3.8, 4) is 6.07 Å². The van der Waals surface area contributed by atoms with Crippen molar-refractivity contribution in [1.29, 1.82) is 5.26 Å². The largest absolute Gasteiger partial charge is 0.381 e. The highest BCUT2D eigenvalue weighted by molar-refractivity contribution is 5.87. The molecule has 3 nitrogen and oxygen atoms in total. The second kappa shape index (κ2) is 6.57. The normalized spacial score (nSPS) is 21.6. The van der Waals surface area contributed by atoms with E-state index in [4.69, 9.17) is 4.74 Å². The van der Waals surface area contributed by atoms with E-state index in [9.17, 15) is 9.65 Å². The molecule has 2 heterocycles. The fraction of sp³-hybridized carbons (Fsp3) is 0.550. The Kier molecular flexibility index (Phi) is 4.28. The molecule has 1 unspecified atom stereocenters. The summed E-state index contributed by atoms with van der Waals surface area (Å²) in [7, 11) is 0. The number of halogens is 1. The van der Waals surface area contributed by atoms with Crippen molar-refractivity contribution >= 4 is 10.9 Å². The Bertz CT molecular complexity index is 783. The number of nitriles is 1. The fourth-order valence-electron chi connectivity index (χ4n) is 4.68. The van der Waals surface area contributed by atoms with Gasteiger partial charge in [0.2, 0.25) is 0 Å². The van der Waals surface area contributed by atoms with Gasteiger partial charge in [0, 0.05) is 29.8 Å². The van der Waals surface area contributed by atoms with Gasteiger partial charge in [-0.3, -0.25) is 0 Å². The van der Waals surface area contributed by atoms with Crippen LogP contribution in [0.15, 0.2) is 18.2 Å². The molecule has 24 heavy (non-hydrogen) atoms. The molecule has 1 fully saturated rings. The van der Waals surface area contributed by atoms with Crippen LogP contribution in [0.5, 0.6) is 0 Å². The van der Waals surface area contributed by atoms with E-state index in [1.807, 2.05) is 18.2 Å². The average molecular weight is 326 g/mol. The van der Waals surface area contributed by atoms with Crippen LogP contribution in [-0.2, 0) is 24.1 Å². The van der Waals surface area contributed by atoms with Gasteiger partial charge in [-0.25, -0.2) is 4.39 Å². The van der Waals surface area contributed by atoms with Crippen LogP contribution in [0, 0.1) is 23.2 Å². The first-order valence-corrected chi connectivity index (χ1v) is 8.99. The van der Waals surface area contributed by atoms with Crippen molar-refractivity contribution in [2.75, 3.05) is 19.9 Å². The third-order valence-electron chi connectivity index (χ3n) is 5.87. The summed E-state index contributed by atoms with van der Waals surface area (Å²) in [6, 6.07) is 8.07. The number of fused-ring (bicyclic) bond motifs is 3. The number of ether oxygens (including phenoxy) is 1. The topological polar surface area (TPSA) is 38.0 Å². The Hall–Kier alpha value is -1.86. The maximum absolute atomic E-state index is 13.1. The van der Waals surface area contributed by atoms with E-state index in [1.54, 1.807) is 0 Å². The van der Waals surface area contributed by atoms with Gasteiger partial charge in [0.15, 0.2) is 0 Å². The smallest absolute Gasteiger partial charge is 0.107 e. The molecule has 1 aromatic carbocycles. The number of aromatic nitrogens is 1. The molecule has 2 aromatic rings. The van der Waals surface area contributed by atoms with Gasteiger partial charge < -0.3 is 9.30 Å². The molecule has 0 amide bonds. The fourth-order valence-corrected chi connectivity index (χ4v) is 4.68. The zero-order chi connectivity index (χ0) is 16.5. The first-order chi connectivity index (χ1) is 11.8. The molecule has 126 valence electrons. The summed E-state index contributed by atoms with van der Waals surface area (Å²) in [5.41, 5.74) is 4.43. The zero-order valence-corrected chi connectivity index (χ0v) is 13.9. The average Bonchev–Trinajstić information content (AvgIpc) is 2.95. The molecule has 0 saturated carbocycles. The van der Waals surface area contributed by atoms with Crippen LogP contribution < -0.4 is 0 Å². The first kappa shape index (κ1) is 15.7. The number of nitrogens with zero attached hydrogens (tertiary/aromatic N) is 2. The van der Waals surface area contributed by atoms with Crippen LogP contribution >= 0.6 is 0 Å². The van der Waals surface area contributed by atoms with Crippen LogP contribution in [0.3, 0.4) is 0 Å². The highest BCUT2D eigenvalue weighted by atomic mass is 19.1. The van der Waals surface area contributed by atoms with Gasteiger partial charge in [-0.1, -0.05) is 0 Å². The van der Waals surface area contributed by atoms with Crippen molar-refractivity contribution in [3.63, 3.8) is 0 Å². The maximum atomic E-state index is 13.1. The molecule has 1 saturated heterocycles. The van der Waals surface area contributed by atoms with Crippen molar-refractivity contribution < 1.29 is 9.13 Å². The summed E-state index contributed by atoms with van der Waals surface area (Å²) in [6.07, 6.45) is 5.59. The van der Waals surface area contributed by atoms with E-state index in [-0.39, 0.29) is 6.67 Å². The lowest BCUT2D eigenvalue weighted by Gasteiger charge is -2.33. The standard InChI is InChI=1S/C20H23FN2O/c21-7-8-23-19-3-1-14(13-22)11-17(19)18-12-16(2-4-20(18)23)15-5-9-24-10-6-15/h1,3,11,15-16H,2,4-10,12H2. The minimum Gasteiger partial charge on any atom is -0.381 e. The maximum Gasteiger partial charge on any atom is 0.107 e. The monoisotopic (exact) mass is 326 g/mol. The van der Waals surface area contributed by atoms with Crippen LogP contribution in [-0.4, -0.2) is 24.5 Å². The summed E-state index contributed by atoms with van der Waals surface area (Å²) >= 11 is 0. The molecular formula is C20H23FN2O. The highest BCUT2D eigenvalue weighted by Gasteiger charge is 2.31. The lowest BCUT2D eigenvalue weighted by Crippen LogP contribution is -2.28. The SMILES string of the molecule is N#Cc1ccc2c(c1)c1c(n2CCF)CCC(C2CCOCC2)C1. The van der Waals surface area contributed by atoms with Gasteiger partial charge in [0.25, 0.3) is 0 Å². The summed E-state index contributed by atoms with van der Waals surface area (Å²) < 4.78 is 20.7. The summed E-state index contributed by atoms with van der Waals surface area (Å²) in [5.74, 6) is 1.43. The van der Waals surface area contributed by atoms with Gasteiger partial charge in [-0.15, -0.1) is 0 Å². The summed E-state index contributed by atoms with van der Waals surface area (Å²) in [6.45, 7) is 1.84. The van der Waals surface area contributed by atoms with E-state index in [2.05, 4.69) is 10.6 Å².